The lowest BCUT2D eigenvalue weighted by Crippen LogP contribution is -2.00. The number of hydrogen-bond donors (Lipinski definition) is 0. The molecule has 0 atom stereocenters. The van der Waals surface area contributed by atoms with E-state index < -0.39 is 0 Å². The second-order valence-corrected chi connectivity index (χ2v) is 1.40. The van der Waals surface area contributed by atoms with Gasteiger partial charge in [-0.1, -0.05) is 12.7 Å². The highest BCUT2D eigenvalue weighted by atomic mass is 16.5. The first-order chi connectivity index (χ1) is 4.41. The van der Waals surface area contributed by atoms with Gasteiger partial charge in [0.05, 0.1) is 19.5 Å². The van der Waals surface area contributed by atoms with Gasteiger partial charge in [0.2, 0.25) is 0 Å². The smallest absolute Gasteiger partial charge is 0.111 e. The molecule has 0 saturated carbocycles. The minimum Gasteiger partial charge on any atom is -0.499 e. The molecule has 0 aromatic heterocycles. The van der Waals surface area contributed by atoms with Gasteiger partial charge < -0.3 is 9.47 Å². The molecule has 0 amide bonds. The number of ether oxygens (including phenoxy) is 2. The molecular formula is C7H12O2. The normalized spacial score (nSPS) is 8.44. The van der Waals surface area contributed by atoms with Crippen molar-refractivity contribution < 1.29 is 9.47 Å². The maximum atomic E-state index is 4.99. The van der Waals surface area contributed by atoms with Crippen molar-refractivity contribution in [3.05, 3.63) is 25.5 Å². The van der Waals surface area contributed by atoms with Crippen LogP contribution in [0.4, 0.5) is 0 Å². The summed E-state index contributed by atoms with van der Waals surface area (Å²) in [5.74, 6) is 0. The minimum absolute atomic E-state index is 0.567. The Morgan fingerprint density at radius 3 is 2.56 bits per heavy atom. The van der Waals surface area contributed by atoms with E-state index in [1.54, 1.807) is 6.08 Å². The van der Waals surface area contributed by atoms with Gasteiger partial charge in [0.25, 0.3) is 0 Å². The highest BCUT2D eigenvalue weighted by Crippen LogP contribution is 1.77. The van der Waals surface area contributed by atoms with E-state index in [0.29, 0.717) is 19.8 Å². The third-order valence-electron chi connectivity index (χ3n) is 0.699. The van der Waals surface area contributed by atoms with Gasteiger partial charge in [-0.15, -0.1) is 6.58 Å². The van der Waals surface area contributed by atoms with Crippen molar-refractivity contribution in [3.8, 4) is 0 Å². The Bertz CT molecular complexity index is 69.0. The lowest BCUT2D eigenvalue weighted by molar-refractivity contribution is 0.103. The SMILES string of the molecule is C=CCOCCOC=C. The molecule has 0 aliphatic rings. The highest BCUT2D eigenvalue weighted by Gasteiger charge is 1.80. The molecule has 0 aromatic rings. The van der Waals surface area contributed by atoms with Gasteiger partial charge in [0, 0.05) is 0 Å². The van der Waals surface area contributed by atoms with Gasteiger partial charge in [0.1, 0.15) is 6.61 Å². The third-order valence-corrected chi connectivity index (χ3v) is 0.699. The summed E-state index contributed by atoms with van der Waals surface area (Å²) < 4.78 is 9.78. The fourth-order valence-electron chi connectivity index (χ4n) is 0.357. The van der Waals surface area contributed by atoms with Gasteiger partial charge in [-0.2, -0.15) is 0 Å². The molecule has 0 rings (SSSR count). The van der Waals surface area contributed by atoms with Crippen LogP contribution in [0.5, 0.6) is 0 Å². The summed E-state index contributed by atoms with van der Waals surface area (Å²) in [4.78, 5) is 0. The van der Waals surface area contributed by atoms with Crippen molar-refractivity contribution in [2.24, 2.45) is 0 Å². The van der Waals surface area contributed by atoms with E-state index >= 15 is 0 Å². The van der Waals surface area contributed by atoms with E-state index in [0.717, 1.165) is 0 Å². The molecule has 52 valence electrons. The summed E-state index contributed by atoms with van der Waals surface area (Å²) in [6.07, 6.45) is 3.10. The van der Waals surface area contributed by atoms with Crippen LogP contribution in [0.25, 0.3) is 0 Å². The summed E-state index contributed by atoms with van der Waals surface area (Å²) in [5, 5.41) is 0. The Kier molecular flexibility index (Phi) is 6.63. The summed E-state index contributed by atoms with van der Waals surface area (Å²) in [6, 6.07) is 0. The summed E-state index contributed by atoms with van der Waals surface area (Å²) in [6.45, 7) is 8.62. The van der Waals surface area contributed by atoms with Crippen molar-refractivity contribution in [1.29, 1.82) is 0 Å². The summed E-state index contributed by atoms with van der Waals surface area (Å²) >= 11 is 0. The van der Waals surface area contributed by atoms with Crippen LogP contribution in [0.1, 0.15) is 0 Å². The minimum atomic E-state index is 0.567. The largest absolute Gasteiger partial charge is 0.499 e. The molecule has 0 spiro atoms. The van der Waals surface area contributed by atoms with Gasteiger partial charge in [-0.25, -0.2) is 0 Å². The quantitative estimate of drug-likeness (QED) is 0.305. The van der Waals surface area contributed by atoms with Gasteiger partial charge in [-0.05, 0) is 0 Å². The van der Waals surface area contributed by atoms with E-state index in [1.165, 1.54) is 6.26 Å². The maximum absolute atomic E-state index is 4.99. The average molecular weight is 128 g/mol. The topological polar surface area (TPSA) is 18.5 Å². The van der Waals surface area contributed by atoms with Gasteiger partial charge in [0.15, 0.2) is 0 Å². The Hall–Kier alpha value is -0.760. The molecule has 0 bridgehead atoms. The van der Waals surface area contributed by atoms with Crippen molar-refractivity contribution >= 4 is 0 Å². The summed E-state index contributed by atoms with van der Waals surface area (Å²) in [5.41, 5.74) is 0. The third kappa shape index (κ3) is 7.24. The molecule has 0 radical (unpaired) electrons. The Morgan fingerprint density at radius 1 is 1.22 bits per heavy atom. The summed E-state index contributed by atoms with van der Waals surface area (Å²) in [7, 11) is 0. The van der Waals surface area contributed by atoms with Crippen molar-refractivity contribution in [2.75, 3.05) is 19.8 Å². The van der Waals surface area contributed by atoms with Crippen LogP contribution in [0.2, 0.25) is 0 Å². The highest BCUT2D eigenvalue weighted by molar-refractivity contribution is 4.63. The number of hydrogen-bond acceptors (Lipinski definition) is 2. The molecule has 0 saturated heterocycles. The zero-order chi connectivity index (χ0) is 6.95. The molecule has 0 aliphatic heterocycles. The van der Waals surface area contributed by atoms with Gasteiger partial charge in [-0.3, -0.25) is 0 Å². The van der Waals surface area contributed by atoms with Crippen molar-refractivity contribution in [2.45, 2.75) is 0 Å². The van der Waals surface area contributed by atoms with Crippen LogP contribution in [-0.4, -0.2) is 19.8 Å². The molecule has 0 heterocycles. The molecular weight excluding hydrogens is 116 g/mol. The van der Waals surface area contributed by atoms with E-state index in [4.69, 9.17) is 9.47 Å². The standard InChI is InChI=1S/C7H12O2/c1-3-5-9-7-6-8-4-2/h3-4H,1-2,5-7H2. The van der Waals surface area contributed by atoms with E-state index in [9.17, 15) is 0 Å². The molecule has 9 heavy (non-hydrogen) atoms. The maximum Gasteiger partial charge on any atom is 0.111 e. The fourth-order valence-corrected chi connectivity index (χ4v) is 0.357. The Balaban J connectivity index is 2.74. The zero-order valence-corrected chi connectivity index (χ0v) is 5.51. The zero-order valence-electron chi connectivity index (χ0n) is 5.51. The molecule has 0 aromatic carbocycles. The van der Waals surface area contributed by atoms with E-state index in [-0.39, 0.29) is 0 Å². The monoisotopic (exact) mass is 128 g/mol. The predicted molar refractivity (Wildman–Crippen MR) is 37.2 cm³/mol. The lowest BCUT2D eigenvalue weighted by atomic mass is 10.7. The molecule has 2 nitrogen and oxygen atoms in total. The number of rotatable bonds is 6. The van der Waals surface area contributed by atoms with Crippen LogP contribution in [0.15, 0.2) is 25.5 Å². The second kappa shape index (κ2) is 7.24. The Morgan fingerprint density at radius 2 is 2.00 bits per heavy atom. The predicted octanol–water partition coefficient (Wildman–Crippen LogP) is 1.35. The van der Waals surface area contributed by atoms with E-state index in [1.807, 2.05) is 0 Å². The Labute approximate surface area is 55.8 Å². The van der Waals surface area contributed by atoms with Crippen LogP contribution >= 0.6 is 0 Å². The lowest BCUT2D eigenvalue weighted by Gasteiger charge is -1.98. The van der Waals surface area contributed by atoms with Crippen LogP contribution < -0.4 is 0 Å². The molecule has 2 heteroatoms. The van der Waals surface area contributed by atoms with Crippen molar-refractivity contribution in [3.63, 3.8) is 0 Å². The molecule has 0 fully saturated rings. The van der Waals surface area contributed by atoms with Gasteiger partial charge >= 0.3 is 0 Å². The first kappa shape index (κ1) is 8.24. The van der Waals surface area contributed by atoms with Crippen LogP contribution in [-0.2, 0) is 9.47 Å². The first-order valence-corrected chi connectivity index (χ1v) is 2.83. The fraction of sp³-hybridized carbons (Fsp3) is 0.429. The molecule has 0 aliphatic carbocycles. The first-order valence-electron chi connectivity index (χ1n) is 2.83. The van der Waals surface area contributed by atoms with E-state index in [2.05, 4.69) is 13.2 Å². The average Bonchev–Trinajstić information content (AvgIpc) is 1.89. The van der Waals surface area contributed by atoms with Crippen molar-refractivity contribution in [1.82, 2.24) is 0 Å². The van der Waals surface area contributed by atoms with Crippen LogP contribution in [0.3, 0.4) is 0 Å². The van der Waals surface area contributed by atoms with Crippen LogP contribution in [0, 0.1) is 0 Å². The molecule has 0 unspecified atom stereocenters. The second-order valence-electron chi connectivity index (χ2n) is 1.40. The molecule has 0 N–H and O–H groups in total.